The topological polar surface area (TPSA) is 42.0 Å². The molecule has 1 fully saturated rings. The van der Waals surface area contributed by atoms with Crippen molar-refractivity contribution in [1.82, 2.24) is 4.98 Å². The molecule has 1 N–H and O–H groups in total. The first-order valence-corrected chi connectivity index (χ1v) is 7.44. The van der Waals surface area contributed by atoms with Crippen LogP contribution in [0.4, 0.5) is 5.13 Å². The molecule has 3 nitrogen and oxygen atoms in total. The lowest BCUT2D eigenvalue weighted by molar-refractivity contribution is -0.113. The molecule has 0 aromatic carbocycles. The third-order valence-corrected chi connectivity index (χ3v) is 4.82. The third kappa shape index (κ3) is 3.49. The Morgan fingerprint density at radius 3 is 3.00 bits per heavy atom. The Balaban J connectivity index is 1.71. The van der Waals surface area contributed by atoms with E-state index in [1.165, 1.54) is 37.0 Å². The van der Waals surface area contributed by atoms with Crippen LogP contribution in [0.25, 0.3) is 0 Å². The van der Waals surface area contributed by atoms with Gasteiger partial charge in [0.1, 0.15) is 0 Å². The van der Waals surface area contributed by atoms with Gasteiger partial charge in [0, 0.05) is 16.3 Å². The molecule has 0 spiro atoms. The van der Waals surface area contributed by atoms with Crippen molar-refractivity contribution < 1.29 is 4.79 Å². The molecule has 1 aliphatic carbocycles. The fraction of sp³-hybridized carbons (Fsp3) is 0.636. The average molecular weight is 256 g/mol. The Hall–Kier alpha value is -0.550. The summed E-state index contributed by atoms with van der Waals surface area (Å²) in [7, 11) is 0. The molecule has 0 aliphatic heterocycles. The fourth-order valence-corrected chi connectivity index (χ4v) is 3.62. The largest absolute Gasteiger partial charge is 0.301 e. The van der Waals surface area contributed by atoms with E-state index in [2.05, 4.69) is 10.3 Å². The van der Waals surface area contributed by atoms with E-state index in [1.807, 2.05) is 6.92 Å². The van der Waals surface area contributed by atoms with Crippen molar-refractivity contribution in [2.75, 3.05) is 11.1 Å². The lowest BCUT2D eigenvalue weighted by Crippen LogP contribution is -2.15. The summed E-state index contributed by atoms with van der Waals surface area (Å²) < 4.78 is 0. The van der Waals surface area contributed by atoms with Gasteiger partial charge in [-0.2, -0.15) is 0 Å². The van der Waals surface area contributed by atoms with Crippen LogP contribution < -0.4 is 5.32 Å². The zero-order valence-electron chi connectivity index (χ0n) is 9.36. The fourth-order valence-electron chi connectivity index (χ4n) is 1.82. The Morgan fingerprint density at radius 1 is 1.62 bits per heavy atom. The summed E-state index contributed by atoms with van der Waals surface area (Å²) >= 11 is 3.30. The van der Waals surface area contributed by atoms with Gasteiger partial charge in [0.25, 0.3) is 0 Å². The highest BCUT2D eigenvalue weighted by molar-refractivity contribution is 8.00. The zero-order valence-corrected chi connectivity index (χ0v) is 11.0. The number of anilines is 1. The number of thiazole rings is 1. The van der Waals surface area contributed by atoms with Crippen molar-refractivity contribution in [3.05, 3.63) is 11.1 Å². The van der Waals surface area contributed by atoms with Gasteiger partial charge in [-0.3, -0.25) is 4.79 Å². The Morgan fingerprint density at radius 2 is 2.38 bits per heavy atom. The normalized spacial score (nSPS) is 16.6. The number of carbonyl (C=O) groups is 1. The lowest BCUT2D eigenvalue weighted by Gasteiger charge is -2.07. The monoisotopic (exact) mass is 256 g/mol. The first-order chi connectivity index (χ1) is 7.74. The van der Waals surface area contributed by atoms with Gasteiger partial charge in [0.15, 0.2) is 5.13 Å². The molecule has 1 saturated carbocycles. The van der Waals surface area contributed by atoms with Crippen molar-refractivity contribution in [3.63, 3.8) is 0 Å². The van der Waals surface area contributed by atoms with Crippen LogP contribution in [0.1, 0.15) is 30.6 Å². The molecule has 1 aromatic rings. The first-order valence-electron chi connectivity index (χ1n) is 5.58. The number of carbonyl (C=O) groups excluding carboxylic acids is 1. The summed E-state index contributed by atoms with van der Waals surface area (Å²) in [5.41, 5.74) is 0. The smallest absolute Gasteiger partial charge is 0.236 e. The maximum Gasteiger partial charge on any atom is 0.236 e. The SMILES string of the molecule is Cc1cnc(NC(=O)CSC2CCCC2)s1. The van der Waals surface area contributed by atoms with Crippen molar-refractivity contribution in [3.8, 4) is 0 Å². The van der Waals surface area contributed by atoms with Crippen molar-refractivity contribution in [2.45, 2.75) is 37.9 Å². The van der Waals surface area contributed by atoms with Gasteiger partial charge in [0.05, 0.1) is 5.75 Å². The minimum absolute atomic E-state index is 0.0752. The standard InChI is InChI=1S/C11H16N2OS2/c1-8-6-12-11(16-8)13-10(14)7-15-9-4-2-3-5-9/h6,9H,2-5,7H2,1H3,(H,12,13,14). The van der Waals surface area contributed by atoms with E-state index >= 15 is 0 Å². The number of hydrogen-bond donors (Lipinski definition) is 1. The van der Waals surface area contributed by atoms with Gasteiger partial charge in [-0.1, -0.05) is 12.8 Å². The van der Waals surface area contributed by atoms with Gasteiger partial charge in [-0.25, -0.2) is 4.98 Å². The molecule has 0 saturated heterocycles. The van der Waals surface area contributed by atoms with Crippen LogP contribution >= 0.6 is 23.1 Å². The van der Waals surface area contributed by atoms with Gasteiger partial charge >= 0.3 is 0 Å². The second-order valence-corrected chi connectivity index (χ2v) is 6.57. The van der Waals surface area contributed by atoms with Gasteiger partial charge in [-0.05, 0) is 19.8 Å². The predicted molar refractivity (Wildman–Crippen MR) is 70.2 cm³/mol. The molecule has 5 heteroatoms. The van der Waals surface area contributed by atoms with E-state index in [0.29, 0.717) is 11.0 Å². The average Bonchev–Trinajstić information content (AvgIpc) is 2.87. The molecular weight excluding hydrogens is 240 g/mol. The molecule has 0 bridgehead atoms. The van der Waals surface area contributed by atoms with E-state index < -0.39 is 0 Å². The number of nitrogens with one attached hydrogen (secondary N) is 1. The van der Waals surface area contributed by atoms with Crippen molar-refractivity contribution in [1.29, 1.82) is 0 Å². The van der Waals surface area contributed by atoms with E-state index in [4.69, 9.17) is 0 Å². The molecule has 0 radical (unpaired) electrons. The highest BCUT2D eigenvalue weighted by Gasteiger charge is 2.16. The maximum absolute atomic E-state index is 11.6. The Bertz CT molecular complexity index is 359. The number of rotatable bonds is 4. The van der Waals surface area contributed by atoms with E-state index in [0.717, 1.165) is 10.0 Å². The van der Waals surface area contributed by atoms with E-state index in [1.54, 1.807) is 18.0 Å². The Kier molecular flexibility index (Phi) is 4.23. The molecule has 88 valence electrons. The van der Waals surface area contributed by atoms with Crippen LogP contribution in [-0.2, 0) is 4.79 Å². The van der Waals surface area contributed by atoms with Crippen LogP contribution in [0, 0.1) is 6.92 Å². The van der Waals surface area contributed by atoms with E-state index in [-0.39, 0.29) is 5.91 Å². The van der Waals surface area contributed by atoms with Crippen LogP contribution in [0.3, 0.4) is 0 Å². The lowest BCUT2D eigenvalue weighted by atomic mass is 10.4. The summed E-state index contributed by atoms with van der Waals surface area (Å²) in [4.78, 5) is 16.8. The number of thioether (sulfide) groups is 1. The zero-order chi connectivity index (χ0) is 11.4. The molecule has 1 heterocycles. The molecular formula is C11H16N2OS2. The second-order valence-electron chi connectivity index (χ2n) is 4.04. The number of aromatic nitrogens is 1. The Labute approximate surface area is 104 Å². The quantitative estimate of drug-likeness (QED) is 0.900. The summed E-state index contributed by atoms with van der Waals surface area (Å²) in [6.07, 6.45) is 6.98. The van der Waals surface area contributed by atoms with Crippen molar-refractivity contribution >= 4 is 34.1 Å². The number of aryl methyl sites for hydroxylation is 1. The first kappa shape index (κ1) is 11.9. The summed E-state index contributed by atoms with van der Waals surface area (Å²) in [6.45, 7) is 1.99. The van der Waals surface area contributed by atoms with Crippen LogP contribution in [-0.4, -0.2) is 21.9 Å². The maximum atomic E-state index is 11.6. The van der Waals surface area contributed by atoms with Crippen molar-refractivity contribution in [2.24, 2.45) is 0 Å². The van der Waals surface area contributed by atoms with Crippen LogP contribution in [0.5, 0.6) is 0 Å². The molecule has 0 unspecified atom stereocenters. The molecule has 1 amide bonds. The van der Waals surface area contributed by atoms with Gasteiger partial charge in [0.2, 0.25) is 5.91 Å². The highest BCUT2D eigenvalue weighted by atomic mass is 32.2. The minimum Gasteiger partial charge on any atom is -0.301 e. The number of hydrogen-bond acceptors (Lipinski definition) is 4. The number of amides is 1. The molecule has 2 rings (SSSR count). The molecule has 0 atom stereocenters. The molecule has 1 aliphatic rings. The summed E-state index contributed by atoms with van der Waals surface area (Å²) in [6, 6.07) is 0. The number of nitrogens with zero attached hydrogens (tertiary/aromatic N) is 1. The summed E-state index contributed by atoms with van der Waals surface area (Å²) in [5.74, 6) is 0.634. The van der Waals surface area contributed by atoms with Crippen LogP contribution in [0.2, 0.25) is 0 Å². The summed E-state index contributed by atoms with van der Waals surface area (Å²) in [5, 5.41) is 4.25. The minimum atomic E-state index is 0.0752. The third-order valence-electron chi connectivity index (χ3n) is 2.62. The molecule has 1 aromatic heterocycles. The molecule has 16 heavy (non-hydrogen) atoms. The second kappa shape index (κ2) is 5.68. The van der Waals surface area contributed by atoms with Crippen LogP contribution in [0.15, 0.2) is 6.20 Å². The van der Waals surface area contributed by atoms with Gasteiger partial charge in [-0.15, -0.1) is 23.1 Å². The van der Waals surface area contributed by atoms with Gasteiger partial charge < -0.3 is 5.32 Å². The highest BCUT2D eigenvalue weighted by Crippen LogP contribution is 2.29. The van der Waals surface area contributed by atoms with E-state index in [9.17, 15) is 4.79 Å². The predicted octanol–water partition coefficient (Wildman–Crippen LogP) is 3.07.